The van der Waals surface area contributed by atoms with E-state index in [0.717, 1.165) is 4.60 Å². The number of nitrogens with one attached hydrogen (secondary N) is 1. The zero-order valence-electron chi connectivity index (χ0n) is 9.66. The predicted octanol–water partition coefficient (Wildman–Crippen LogP) is 2.17. The molecule has 0 atom stereocenters. The molecule has 1 aromatic rings. The number of carbonyl (C=O) groups excluding carboxylic acids is 1. The summed E-state index contributed by atoms with van der Waals surface area (Å²) in [5.74, 6) is 0. The van der Waals surface area contributed by atoms with Crippen LogP contribution in [0.2, 0.25) is 0 Å². The minimum atomic E-state index is -0.460. The average molecular weight is 290 g/mol. The highest BCUT2D eigenvalue weighted by Crippen LogP contribution is 2.06. The van der Waals surface area contributed by atoms with Crippen LogP contribution in [0.1, 0.15) is 20.8 Å². The molecule has 1 amide bonds. The molecule has 0 saturated carbocycles. The Bertz CT molecular complexity index is 357. The topological polar surface area (TPSA) is 56.1 Å². The monoisotopic (exact) mass is 289 g/mol. The lowest BCUT2D eigenvalue weighted by molar-refractivity contribution is 0.0525. The Morgan fingerprint density at radius 1 is 1.62 bits per heavy atom. The molecule has 90 valence electrons. The van der Waals surface area contributed by atoms with E-state index in [1.807, 2.05) is 33.0 Å². The lowest BCUT2D eigenvalue weighted by Gasteiger charge is -2.19. The van der Waals surface area contributed by atoms with Gasteiger partial charge in [0.2, 0.25) is 0 Å². The van der Waals surface area contributed by atoms with E-state index in [0.29, 0.717) is 13.1 Å². The number of hydrogen-bond acceptors (Lipinski definition) is 3. The van der Waals surface area contributed by atoms with Gasteiger partial charge >= 0.3 is 6.09 Å². The smallest absolute Gasteiger partial charge is 0.407 e. The third-order valence-corrected chi connectivity index (χ3v) is 2.04. The summed E-state index contributed by atoms with van der Waals surface area (Å²) in [6.45, 7) is 6.60. The molecule has 6 heteroatoms. The fraction of sp³-hybridized carbons (Fsp3) is 0.600. The molecule has 0 aliphatic rings. The molecule has 0 saturated heterocycles. The molecule has 1 heterocycles. The Labute approximate surface area is 103 Å². The Morgan fingerprint density at radius 2 is 2.31 bits per heavy atom. The van der Waals surface area contributed by atoms with E-state index in [1.54, 1.807) is 4.68 Å². The Morgan fingerprint density at radius 3 is 2.81 bits per heavy atom. The van der Waals surface area contributed by atoms with E-state index in [2.05, 4.69) is 26.3 Å². The van der Waals surface area contributed by atoms with Crippen molar-refractivity contribution in [2.45, 2.75) is 32.9 Å². The van der Waals surface area contributed by atoms with E-state index in [-0.39, 0.29) is 0 Å². The number of hydrogen-bond donors (Lipinski definition) is 1. The SMILES string of the molecule is CC(C)(C)OC(=O)NCCn1ccc(Br)n1. The molecule has 16 heavy (non-hydrogen) atoms. The molecule has 0 unspecified atom stereocenters. The van der Waals surface area contributed by atoms with E-state index in [4.69, 9.17) is 4.74 Å². The van der Waals surface area contributed by atoms with Crippen molar-refractivity contribution in [3.05, 3.63) is 16.9 Å². The standard InChI is InChI=1S/C10H16BrN3O2/c1-10(2,3)16-9(15)12-5-7-14-6-4-8(11)13-14/h4,6H,5,7H2,1-3H3,(H,12,15). The highest BCUT2D eigenvalue weighted by Gasteiger charge is 2.15. The van der Waals surface area contributed by atoms with Crippen LogP contribution in [0.15, 0.2) is 16.9 Å². The highest BCUT2D eigenvalue weighted by molar-refractivity contribution is 9.10. The number of nitrogens with zero attached hydrogens (tertiary/aromatic N) is 2. The van der Waals surface area contributed by atoms with Gasteiger partial charge in [0, 0.05) is 12.7 Å². The second-order valence-corrected chi connectivity index (χ2v) is 5.14. The van der Waals surface area contributed by atoms with Gasteiger partial charge in [0.05, 0.1) is 6.54 Å². The minimum absolute atomic E-state index is 0.404. The van der Waals surface area contributed by atoms with Gasteiger partial charge in [-0.3, -0.25) is 4.68 Å². The molecule has 0 aliphatic heterocycles. The molecule has 0 aliphatic carbocycles. The maximum absolute atomic E-state index is 11.3. The Kier molecular flexibility index (Phi) is 4.35. The van der Waals surface area contributed by atoms with Crippen LogP contribution in [-0.2, 0) is 11.3 Å². The summed E-state index contributed by atoms with van der Waals surface area (Å²) in [7, 11) is 0. The highest BCUT2D eigenvalue weighted by atomic mass is 79.9. The molecule has 0 aromatic carbocycles. The first-order valence-electron chi connectivity index (χ1n) is 5.02. The number of ether oxygens (including phenoxy) is 1. The van der Waals surface area contributed by atoms with Crippen LogP contribution >= 0.6 is 15.9 Å². The maximum Gasteiger partial charge on any atom is 0.407 e. The predicted molar refractivity (Wildman–Crippen MR) is 64.2 cm³/mol. The zero-order valence-corrected chi connectivity index (χ0v) is 11.2. The first-order valence-corrected chi connectivity index (χ1v) is 5.82. The molecule has 0 radical (unpaired) electrons. The molecule has 0 fully saturated rings. The number of amides is 1. The zero-order chi connectivity index (χ0) is 12.2. The molecule has 0 spiro atoms. The van der Waals surface area contributed by atoms with Crippen molar-refractivity contribution in [3.63, 3.8) is 0 Å². The van der Waals surface area contributed by atoms with Crippen molar-refractivity contribution in [1.29, 1.82) is 0 Å². The van der Waals surface area contributed by atoms with Crippen LogP contribution in [0.3, 0.4) is 0 Å². The second kappa shape index (κ2) is 5.34. The average Bonchev–Trinajstić information content (AvgIpc) is 2.48. The Balaban J connectivity index is 2.23. The molecule has 1 N–H and O–H groups in total. The van der Waals surface area contributed by atoms with Crippen molar-refractivity contribution >= 4 is 22.0 Å². The first-order chi connectivity index (χ1) is 7.37. The summed E-state index contributed by atoms with van der Waals surface area (Å²) in [5, 5.41) is 6.78. The van der Waals surface area contributed by atoms with Crippen molar-refractivity contribution in [2.24, 2.45) is 0 Å². The van der Waals surface area contributed by atoms with Crippen LogP contribution in [0, 0.1) is 0 Å². The number of alkyl carbamates (subject to hydrolysis) is 1. The lowest BCUT2D eigenvalue weighted by Crippen LogP contribution is -2.34. The molecule has 1 rings (SSSR count). The van der Waals surface area contributed by atoms with Crippen LogP contribution in [0.25, 0.3) is 0 Å². The summed E-state index contributed by atoms with van der Waals surface area (Å²) < 4.78 is 7.61. The van der Waals surface area contributed by atoms with Gasteiger partial charge in [0.25, 0.3) is 0 Å². The summed E-state index contributed by atoms with van der Waals surface area (Å²) in [6, 6.07) is 1.84. The van der Waals surface area contributed by atoms with E-state index >= 15 is 0 Å². The van der Waals surface area contributed by atoms with Crippen LogP contribution in [-0.4, -0.2) is 28.0 Å². The summed E-state index contributed by atoms with van der Waals surface area (Å²) in [6.07, 6.45) is 1.43. The molecule has 0 bridgehead atoms. The quantitative estimate of drug-likeness (QED) is 0.928. The van der Waals surface area contributed by atoms with Crippen molar-refractivity contribution in [1.82, 2.24) is 15.1 Å². The molecular formula is C10H16BrN3O2. The molecule has 1 aromatic heterocycles. The number of halogens is 1. The van der Waals surface area contributed by atoms with Crippen LogP contribution in [0.5, 0.6) is 0 Å². The van der Waals surface area contributed by atoms with Crippen molar-refractivity contribution in [2.75, 3.05) is 6.54 Å². The number of aromatic nitrogens is 2. The fourth-order valence-corrected chi connectivity index (χ4v) is 1.37. The largest absolute Gasteiger partial charge is 0.444 e. The summed E-state index contributed by atoms with van der Waals surface area (Å²) in [5.41, 5.74) is -0.460. The van der Waals surface area contributed by atoms with Gasteiger partial charge in [-0.25, -0.2) is 4.79 Å². The van der Waals surface area contributed by atoms with E-state index < -0.39 is 11.7 Å². The van der Waals surface area contributed by atoms with Gasteiger partial charge in [0.15, 0.2) is 0 Å². The molecular weight excluding hydrogens is 274 g/mol. The van der Waals surface area contributed by atoms with Gasteiger partial charge in [-0.1, -0.05) is 0 Å². The van der Waals surface area contributed by atoms with Gasteiger partial charge in [-0.15, -0.1) is 0 Å². The third kappa shape index (κ3) is 5.16. The van der Waals surface area contributed by atoms with Gasteiger partial charge < -0.3 is 10.1 Å². The summed E-state index contributed by atoms with van der Waals surface area (Å²) in [4.78, 5) is 11.3. The fourth-order valence-electron chi connectivity index (χ4n) is 1.05. The number of carbonyl (C=O) groups is 1. The van der Waals surface area contributed by atoms with Crippen molar-refractivity contribution in [3.8, 4) is 0 Å². The summed E-state index contributed by atoms with van der Waals surface area (Å²) >= 11 is 3.25. The van der Waals surface area contributed by atoms with Gasteiger partial charge in [-0.05, 0) is 42.8 Å². The van der Waals surface area contributed by atoms with E-state index in [1.165, 1.54) is 0 Å². The van der Waals surface area contributed by atoms with Gasteiger partial charge in [0.1, 0.15) is 10.2 Å². The maximum atomic E-state index is 11.3. The van der Waals surface area contributed by atoms with E-state index in [9.17, 15) is 4.79 Å². The van der Waals surface area contributed by atoms with Crippen LogP contribution in [0.4, 0.5) is 4.79 Å². The van der Waals surface area contributed by atoms with Crippen LogP contribution < -0.4 is 5.32 Å². The number of rotatable bonds is 3. The third-order valence-electron chi connectivity index (χ3n) is 1.62. The van der Waals surface area contributed by atoms with Crippen molar-refractivity contribution < 1.29 is 9.53 Å². The van der Waals surface area contributed by atoms with Gasteiger partial charge in [-0.2, -0.15) is 5.10 Å². The minimum Gasteiger partial charge on any atom is -0.444 e. The normalized spacial score (nSPS) is 11.2. The molecule has 5 nitrogen and oxygen atoms in total. The second-order valence-electron chi connectivity index (χ2n) is 4.33. The Hall–Kier alpha value is -1.04. The first kappa shape index (κ1) is 13.0. The lowest BCUT2D eigenvalue weighted by atomic mass is 10.2.